The quantitative estimate of drug-likeness (QED) is 0.198. The second-order valence-corrected chi connectivity index (χ2v) is 7.87. The number of rotatable bonds is 17. The third kappa shape index (κ3) is 10.5. The minimum atomic E-state index is -1.07. The molecule has 29 heavy (non-hydrogen) atoms. The van der Waals surface area contributed by atoms with Crippen LogP contribution < -0.4 is 0 Å². The number of unbranched alkanes of at least 4 members (excludes halogenated alkanes) is 12. The van der Waals surface area contributed by atoms with Crippen molar-refractivity contribution in [2.75, 3.05) is 6.61 Å². The second kappa shape index (κ2) is 15.1. The third-order valence-corrected chi connectivity index (χ3v) is 5.24. The van der Waals surface area contributed by atoms with Gasteiger partial charge >= 0.3 is 11.9 Å². The summed E-state index contributed by atoms with van der Waals surface area (Å²) in [5.41, 5.74) is -0.291. The minimum Gasteiger partial charge on any atom is -0.507 e. The van der Waals surface area contributed by atoms with Crippen LogP contribution in [0.2, 0.25) is 0 Å². The van der Waals surface area contributed by atoms with Gasteiger partial charge in [0, 0.05) is 13.3 Å². The zero-order valence-corrected chi connectivity index (χ0v) is 18.2. The van der Waals surface area contributed by atoms with Crippen LogP contribution >= 0.6 is 0 Å². The number of hydrogen-bond acceptors (Lipinski definition) is 6. The largest absolute Gasteiger partial charge is 0.507 e. The van der Waals surface area contributed by atoms with Crippen molar-refractivity contribution in [3.05, 3.63) is 11.3 Å². The number of carbonyl (C=O) groups excluding carboxylic acids is 3. The van der Waals surface area contributed by atoms with Crippen molar-refractivity contribution in [1.82, 2.24) is 0 Å². The molecule has 0 aromatic heterocycles. The lowest BCUT2D eigenvalue weighted by Gasteiger charge is -2.09. The molecule has 166 valence electrons. The molecule has 0 fully saturated rings. The van der Waals surface area contributed by atoms with Gasteiger partial charge in [0.1, 0.15) is 12.2 Å². The average Bonchev–Trinajstić information content (AvgIpc) is 2.97. The fourth-order valence-electron chi connectivity index (χ4n) is 3.50. The standard InChI is InChI=1S/C23H38O6/c1-3-4-5-6-7-8-9-10-11-12-13-14-15-16-19(25)21-22(26)20(29-23(21)27)17-28-18(2)24/h20,26H,3-17H2,1-2H3. The maximum absolute atomic E-state index is 12.2. The average molecular weight is 411 g/mol. The molecule has 1 N–H and O–H groups in total. The van der Waals surface area contributed by atoms with E-state index in [1.54, 1.807) is 0 Å². The number of ketones is 1. The Morgan fingerprint density at radius 2 is 1.38 bits per heavy atom. The summed E-state index contributed by atoms with van der Waals surface area (Å²) in [6.07, 6.45) is 14.9. The van der Waals surface area contributed by atoms with E-state index in [4.69, 9.17) is 9.47 Å². The summed E-state index contributed by atoms with van der Waals surface area (Å²) in [5, 5.41) is 10.0. The number of aliphatic hydroxyl groups excluding tert-OH is 1. The van der Waals surface area contributed by atoms with Gasteiger partial charge < -0.3 is 14.6 Å². The van der Waals surface area contributed by atoms with Gasteiger partial charge in [-0.3, -0.25) is 9.59 Å². The van der Waals surface area contributed by atoms with Crippen molar-refractivity contribution >= 4 is 17.7 Å². The summed E-state index contributed by atoms with van der Waals surface area (Å²) in [7, 11) is 0. The first-order valence-corrected chi connectivity index (χ1v) is 11.3. The van der Waals surface area contributed by atoms with Crippen LogP contribution in [-0.2, 0) is 23.9 Å². The molecule has 0 spiro atoms. The van der Waals surface area contributed by atoms with Crippen molar-refractivity contribution in [1.29, 1.82) is 0 Å². The third-order valence-electron chi connectivity index (χ3n) is 5.24. The van der Waals surface area contributed by atoms with E-state index in [0.717, 1.165) is 12.8 Å². The second-order valence-electron chi connectivity index (χ2n) is 7.87. The van der Waals surface area contributed by atoms with E-state index in [0.29, 0.717) is 6.42 Å². The number of esters is 2. The zero-order chi connectivity index (χ0) is 21.5. The first-order chi connectivity index (χ1) is 14.0. The Bertz CT molecular complexity index is 552. The Balaban J connectivity index is 2.09. The number of ether oxygens (including phenoxy) is 2. The number of carbonyl (C=O) groups is 3. The Hall–Kier alpha value is -1.85. The number of cyclic esters (lactones) is 1. The molecule has 1 aliphatic heterocycles. The van der Waals surface area contributed by atoms with E-state index < -0.39 is 29.6 Å². The van der Waals surface area contributed by atoms with E-state index in [-0.39, 0.29) is 18.6 Å². The molecular formula is C23H38O6. The van der Waals surface area contributed by atoms with Crippen molar-refractivity contribution < 1.29 is 29.0 Å². The maximum Gasteiger partial charge on any atom is 0.346 e. The van der Waals surface area contributed by atoms with Crippen molar-refractivity contribution in [2.45, 2.75) is 110 Å². The molecule has 1 rings (SSSR count). The van der Waals surface area contributed by atoms with Gasteiger partial charge in [-0.25, -0.2) is 4.79 Å². The van der Waals surface area contributed by atoms with Crippen LogP contribution in [0.5, 0.6) is 0 Å². The van der Waals surface area contributed by atoms with Gasteiger partial charge in [0.05, 0.1) is 0 Å². The highest BCUT2D eigenvalue weighted by atomic mass is 16.6. The molecular weight excluding hydrogens is 372 g/mol. The molecule has 1 unspecified atom stereocenters. The normalized spacial score (nSPS) is 16.2. The molecule has 0 bridgehead atoms. The van der Waals surface area contributed by atoms with E-state index in [1.165, 1.54) is 71.1 Å². The van der Waals surface area contributed by atoms with E-state index in [1.807, 2.05) is 0 Å². The van der Waals surface area contributed by atoms with Gasteiger partial charge in [-0.05, 0) is 6.42 Å². The lowest BCUT2D eigenvalue weighted by molar-refractivity contribution is -0.151. The van der Waals surface area contributed by atoms with Gasteiger partial charge in [-0.1, -0.05) is 84.0 Å². The lowest BCUT2D eigenvalue weighted by Crippen LogP contribution is -2.20. The lowest BCUT2D eigenvalue weighted by atomic mass is 10.0. The molecule has 0 saturated heterocycles. The number of Topliss-reactive ketones (excluding diaryl/α,β-unsaturated/α-hetero) is 1. The Kier molecular flexibility index (Phi) is 13.1. The highest BCUT2D eigenvalue weighted by Crippen LogP contribution is 2.24. The summed E-state index contributed by atoms with van der Waals surface area (Å²) < 4.78 is 9.65. The van der Waals surface area contributed by atoms with Crippen LogP contribution in [0, 0.1) is 0 Å². The van der Waals surface area contributed by atoms with Crippen molar-refractivity contribution in [3.8, 4) is 0 Å². The summed E-state index contributed by atoms with van der Waals surface area (Å²) >= 11 is 0. The molecule has 0 saturated carbocycles. The van der Waals surface area contributed by atoms with Crippen LogP contribution in [-0.4, -0.2) is 35.5 Å². The monoisotopic (exact) mass is 410 g/mol. The molecule has 0 amide bonds. The van der Waals surface area contributed by atoms with Crippen molar-refractivity contribution in [2.24, 2.45) is 0 Å². The Morgan fingerprint density at radius 3 is 1.86 bits per heavy atom. The van der Waals surface area contributed by atoms with Gasteiger partial charge in [-0.2, -0.15) is 0 Å². The van der Waals surface area contributed by atoms with E-state index in [9.17, 15) is 19.5 Å². The summed E-state index contributed by atoms with van der Waals surface area (Å²) in [6, 6.07) is 0. The van der Waals surface area contributed by atoms with Crippen molar-refractivity contribution in [3.63, 3.8) is 0 Å². The molecule has 6 heteroatoms. The number of hydrogen-bond donors (Lipinski definition) is 1. The Labute approximate surface area is 175 Å². The summed E-state index contributed by atoms with van der Waals surface area (Å²) in [5.74, 6) is -2.20. The summed E-state index contributed by atoms with van der Waals surface area (Å²) in [4.78, 5) is 34.9. The summed E-state index contributed by atoms with van der Waals surface area (Å²) in [6.45, 7) is 3.18. The predicted octanol–water partition coefficient (Wildman–Crippen LogP) is 5.34. The van der Waals surface area contributed by atoms with E-state index >= 15 is 0 Å². The first-order valence-electron chi connectivity index (χ1n) is 11.3. The van der Waals surface area contributed by atoms with Crippen LogP contribution in [0.25, 0.3) is 0 Å². The highest BCUT2D eigenvalue weighted by molar-refractivity contribution is 6.19. The molecule has 0 aromatic carbocycles. The molecule has 1 heterocycles. The van der Waals surface area contributed by atoms with Gasteiger partial charge in [0.2, 0.25) is 0 Å². The van der Waals surface area contributed by atoms with Gasteiger partial charge in [0.15, 0.2) is 17.6 Å². The fraction of sp³-hybridized carbons (Fsp3) is 0.783. The molecule has 6 nitrogen and oxygen atoms in total. The van der Waals surface area contributed by atoms with E-state index in [2.05, 4.69) is 6.92 Å². The molecule has 1 atom stereocenters. The predicted molar refractivity (Wildman–Crippen MR) is 111 cm³/mol. The van der Waals surface area contributed by atoms with Gasteiger partial charge in [-0.15, -0.1) is 0 Å². The first kappa shape index (κ1) is 25.2. The smallest absolute Gasteiger partial charge is 0.346 e. The Morgan fingerprint density at radius 1 is 0.897 bits per heavy atom. The van der Waals surface area contributed by atoms with Crippen LogP contribution in [0.15, 0.2) is 11.3 Å². The van der Waals surface area contributed by atoms with Crippen LogP contribution in [0.4, 0.5) is 0 Å². The fourth-order valence-corrected chi connectivity index (χ4v) is 3.50. The van der Waals surface area contributed by atoms with Crippen LogP contribution in [0.1, 0.15) is 104 Å². The highest BCUT2D eigenvalue weighted by Gasteiger charge is 2.38. The maximum atomic E-state index is 12.2. The minimum absolute atomic E-state index is 0.215. The molecule has 0 aromatic rings. The topological polar surface area (TPSA) is 89.9 Å². The molecule has 1 aliphatic rings. The number of aliphatic hydroxyl groups is 1. The molecule has 0 aliphatic carbocycles. The molecule has 0 radical (unpaired) electrons. The van der Waals surface area contributed by atoms with Gasteiger partial charge in [0.25, 0.3) is 0 Å². The SMILES string of the molecule is CCCCCCCCCCCCCCCC(=O)C1=C(O)C(COC(C)=O)OC1=O. The van der Waals surface area contributed by atoms with Crippen LogP contribution in [0.3, 0.4) is 0 Å². The zero-order valence-electron chi connectivity index (χ0n) is 18.2.